The number of unbranched alkanes of at least 4 members (excludes halogenated alkanes) is 2. The number of nitrogens with zero attached hydrogens (tertiary/aromatic N) is 4. The number of carbonyl (C=O) groups excluding carboxylic acids is 1. The highest BCUT2D eigenvalue weighted by atomic mass is 32.2. The summed E-state index contributed by atoms with van der Waals surface area (Å²) in [5.41, 5.74) is 5.81. The molecule has 45 heavy (non-hydrogen) atoms. The van der Waals surface area contributed by atoms with E-state index in [9.17, 15) is 14.9 Å². The van der Waals surface area contributed by atoms with Gasteiger partial charge in [-0.1, -0.05) is 104 Å². The van der Waals surface area contributed by atoms with Gasteiger partial charge in [-0.2, -0.15) is 0 Å². The average molecular weight is 620 g/mol. The molecule has 0 aliphatic carbocycles. The standard InChI is InChI=1S/C36H37N5O3S/c1-3-4-6-11-27-15-17-30(18-16-27)35(42)37-33(24-28-12-7-5-8-13-28)34-38-39-36(45-25-29-14-9-10-26(2)23-29)40(34)31-19-21-32(22-20-31)41(43)44/h5,7-10,12-23,33H,3-4,6,11,24-25H2,1-2H3,(H,37,42). The van der Waals surface area contributed by atoms with Crippen molar-refractivity contribution in [2.24, 2.45) is 0 Å². The van der Waals surface area contributed by atoms with Gasteiger partial charge in [-0.3, -0.25) is 19.5 Å². The van der Waals surface area contributed by atoms with Crippen molar-refractivity contribution in [3.05, 3.63) is 147 Å². The lowest BCUT2D eigenvalue weighted by atomic mass is 10.0. The van der Waals surface area contributed by atoms with Crippen molar-refractivity contribution >= 4 is 23.4 Å². The van der Waals surface area contributed by atoms with Crippen LogP contribution in [0.4, 0.5) is 5.69 Å². The maximum absolute atomic E-state index is 13.7. The maximum atomic E-state index is 13.7. The topological polar surface area (TPSA) is 103 Å². The summed E-state index contributed by atoms with van der Waals surface area (Å²) in [5.74, 6) is 1.000. The van der Waals surface area contributed by atoms with Gasteiger partial charge in [0.05, 0.1) is 11.0 Å². The molecule has 8 nitrogen and oxygen atoms in total. The van der Waals surface area contributed by atoms with E-state index in [4.69, 9.17) is 0 Å². The first-order valence-electron chi connectivity index (χ1n) is 15.2. The SMILES string of the molecule is CCCCCc1ccc(C(=O)NC(Cc2ccccc2)c2nnc(SCc3cccc(C)c3)n2-c2ccc([N+](=O)[O-])cc2)cc1. The van der Waals surface area contributed by atoms with E-state index in [0.29, 0.717) is 34.4 Å². The van der Waals surface area contributed by atoms with E-state index in [1.807, 2.05) is 65.2 Å². The fourth-order valence-electron chi connectivity index (χ4n) is 5.22. The lowest BCUT2D eigenvalue weighted by molar-refractivity contribution is -0.384. The molecule has 4 aromatic carbocycles. The highest BCUT2D eigenvalue weighted by Gasteiger charge is 2.26. The normalized spacial score (nSPS) is 11.7. The van der Waals surface area contributed by atoms with E-state index in [1.54, 1.807) is 12.1 Å². The summed E-state index contributed by atoms with van der Waals surface area (Å²) in [6.45, 7) is 4.25. The van der Waals surface area contributed by atoms with Crippen LogP contribution in [0.15, 0.2) is 108 Å². The van der Waals surface area contributed by atoms with E-state index in [-0.39, 0.29) is 11.6 Å². The van der Waals surface area contributed by atoms with Gasteiger partial charge in [0, 0.05) is 29.1 Å². The van der Waals surface area contributed by atoms with Crippen molar-refractivity contribution in [1.82, 2.24) is 20.1 Å². The van der Waals surface area contributed by atoms with E-state index in [2.05, 4.69) is 47.6 Å². The third-order valence-corrected chi connectivity index (χ3v) is 8.61. The number of hydrogen-bond donors (Lipinski definition) is 1. The summed E-state index contributed by atoms with van der Waals surface area (Å²) in [6.07, 6.45) is 4.96. The Kier molecular flexibility index (Phi) is 10.8. The maximum Gasteiger partial charge on any atom is 0.269 e. The number of non-ortho nitro benzene ring substituents is 1. The highest BCUT2D eigenvalue weighted by Crippen LogP contribution is 2.30. The van der Waals surface area contributed by atoms with Crippen molar-refractivity contribution < 1.29 is 9.72 Å². The van der Waals surface area contributed by atoms with Gasteiger partial charge in [0.15, 0.2) is 11.0 Å². The molecular formula is C36H37N5O3S. The molecule has 0 saturated carbocycles. The molecule has 1 aromatic heterocycles. The molecule has 0 aliphatic rings. The molecular weight excluding hydrogens is 582 g/mol. The molecule has 0 radical (unpaired) electrons. The molecule has 5 aromatic rings. The van der Waals surface area contributed by atoms with Gasteiger partial charge >= 0.3 is 0 Å². The van der Waals surface area contributed by atoms with Crippen LogP contribution in [0.2, 0.25) is 0 Å². The van der Waals surface area contributed by atoms with Gasteiger partial charge in [-0.25, -0.2) is 0 Å². The molecule has 1 atom stereocenters. The lowest BCUT2D eigenvalue weighted by Crippen LogP contribution is -2.32. The van der Waals surface area contributed by atoms with Crippen molar-refractivity contribution in [1.29, 1.82) is 0 Å². The fraction of sp³-hybridized carbons (Fsp3) is 0.250. The van der Waals surface area contributed by atoms with E-state index in [1.165, 1.54) is 47.9 Å². The third kappa shape index (κ3) is 8.45. The van der Waals surface area contributed by atoms with Crippen molar-refractivity contribution in [2.45, 2.75) is 62.9 Å². The van der Waals surface area contributed by atoms with Crippen LogP contribution in [-0.4, -0.2) is 25.6 Å². The van der Waals surface area contributed by atoms with Crippen molar-refractivity contribution in [3.63, 3.8) is 0 Å². The zero-order valence-corrected chi connectivity index (χ0v) is 26.4. The van der Waals surface area contributed by atoms with Gasteiger partial charge in [-0.15, -0.1) is 10.2 Å². The molecule has 1 N–H and O–H groups in total. The van der Waals surface area contributed by atoms with E-state index >= 15 is 0 Å². The minimum atomic E-state index is -0.528. The summed E-state index contributed by atoms with van der Waals surface area (Å²) in [7, 11) is 0. The first-order valence-corrected chi connectivity index (χ1v) is 16.2. The molecule has 0 bridgehead atoms. The van der Waals surface area contributed by atoms with Crippen LogP contribution in [0.1, 0.15) is 70.7 Å². The molecule has 1 heterocycles. The van der Waals surface area contributed by atoms with Crippen LogP contribution in [0.25, 0.3) is 5.69 Å². The quantitative estimate of drug-likeness (QED) is 0.0581. The van der Waals surface area contributed by atoms with Crippen LogP contribution >= 0.6 is 11.8 Å². The number of nitrogens with one attached hydrogen (secondary N) is 1. The Labute approximate surface area is 268 Å². The molecule has 5 rings (SSSR count). The van der Waals surface area contributed by atoms with Crippen LogP contribution < -0.4 is 5.32 Å². The summed E-state index contributed by atoms with van der Waals surface area (Å²) < 4.78 is 1.90. The molecule has 230 valence electrons. The van der Waals surface area contributed by atoms with Gasteiger partial charge in [0.25, 0.3) is 11.6 Å². The van der Waals surface area contributed by atoms with Crippen molar-refractivity contribution in [2.75, 3.05) is 0 Å². The van der Waals surface area contributed by atoms with Gasteiger partial charge in [0.1, 0.15) is 0 Å². The van der Waals surface area contributed by atoms with Gasteiger partial charge in [0.2, 0.25) is 0 Å². The largest absolute Gasteiger partial charge is 0.342 e. The monoisotopic (exact) mass is 619 g/mol. The number of nitro benzene ring substituents is 1. The zero-order chi connectivity index (χ0) is 31.6. The second kappa shape index (κ2) is 15.3. The number of hydrogen-bond acceptors (Lipinski definition) is 6. The molecule has 0 fully saturated rings. The summed E-state index contributed by atoms with van der Waals surface area (Å²) in [4.78, 5) is 24.6. The Morgan fingerprint density at radius 3 is 2.31 bits per heavy atom. The number of amides is 1. The van der Waals surface area contributed by atoms with Crippen LogP contribution in [-0.2, 0) is 18.6 Å². The van der Waals surface area contributed by atoms with Crippen LogP contribution in [0.3, 0.4) is 0 Å². The second-order valence-electron chi connectivity index (χ2n) is 11.1. The predicted molar refractivity (Wildman–Crippen MR) is 179 cm³/mol. The summed E-state index contributed by atoms with van der Waals surface area (Å²) in [6, 6.07) is 31.8. The minimum Gasteiger partial charge on any atom is -0.342 e. The molecule has 1 amide bonds. The van der Waals surface area contributed by atoms with E-state index < -0.39 is 11.0 Å². The van der Waals surface area contributed by atoms with Gasteiger partial charge in [-0.05, 0) is 67.1 Å². The Morgan fingerprint density at radius 2 is 1.62 bits per heavy atom. The molecule has 9 heteroatoms. The molecule has 0 spiro atoms. The Bertz CT molecular complexity index is 1720. The van der Waals surface area contributed by atoms with Crippen LogP contribution in [0.5, 0.6) is 0 Å². The highest BCUT2D eigenvalue weighted by molar-refractivity contribution is 7.98. The number of rotatable bonds is 14. The summed E-state index contributed by atoms with van der Waals surface area (Å²) in [5, 5.41) is 24.4. The number of aromatic nitrogens is 3. The fourth-order valence-corrected chi connectivity index (χ4v) is 6.12. The second-order valence-corrected chi connectivity index (χ2v) is 12.0. The zero-order valence-electron chi connectivity index (χ0n) is 25.6. The van der Waals surface area contributed by atoms with Gasteiger partial charge < -0.3 is 5.32 Å². The number of nitro groups is 1. The number of thioether (sulfide) groups is 1. The number of aryl methyl sites for hydroxylation is 2. The summed E-state index contributed by atoms with van der Waals surface area (Å²) >= 11 is 1.53. The van der Waals surface area contributed by atoms with Crippen molar-refractivity contribution in [3.8, 4) is 5.69 Å². The minimum absolute atomic E-state index is 0.00498. The number of carbonyl (C=O) groups is 1. The lowest BCUT2D eigenvalue weighted by Gasteiger charge is -2.20. The Balaban J connectivity index is 1.49. The first kappa shape index (κ1) is 31.7. The smallest absolute Gasteiger partial charge is 0.269 e. The molecule has 1 unspecified atom stereocenters. The predicted octanol–water partition coefficient (Wildman–Crippen LogP) is 8.22. The average Bonchev–Trinajstić information content (AvgIpc) is 3.48. The Morgan fingerprint density at radius 1 is 0.889 bits per heavy atom. The molecule has 0 aliphatic heterocycles. The van der Waals surface area contributed by atoms with Crippen LogP contribution in [0, 0.1) is 17.0 Å². The molecule has 0 saturated heterocycles. The van der Waals surface area contributed by atoms with E-state index in [0.717, 1.165) is 24.0 Å². The third-order valence-electron chi connectivity index (χ3n) is 7.61. The Hall–Kier alpha value is -4.76. The first-order chi connectivity index (χ1) is 21.9. The number of benzene rings is 4.